The standard InChI is InChI=1S/C32H37NO7/c1-18-27(32(35)40-20-10-6-7-11-20)28(22-14-15-26(37-3)31(39-5)30(22)38-4)29-23(33-18)16-19(17-24(29)34)21-12-8-9-13-25(21)36-2/h8-9,12-15,19-20,28,33H,6-7,10-11,16-17H2,1-5H3/t19-,28+/m0/s1. The molecule has 0 amide bonds. The zero-order valence-corrected chi connectivity index (χ0v) is 23.8. The molecule has 3 aliphatic rings. The van der Waals surface area contributed by atoms with E-state index < -0.39 is 11.9 Å². The van der Waals surface area contributed by atoms with Crippen molar-refractivity contribution in [2.75, 3.05) is 28.4 Å². The number of carbonyl (C=O) groups is 2. The van der Waals surface area contributed by atoms with E-state index in [0.29, 0.717) is 46.1 Å². The summed E-state index contributed by atoms with van der Waals surface area (Å²) in [5.74, 6) is 0.863. The lowest BCUT2D eigenvalue weighted by Crippen LogP contribution is -2.36. The zero-order chi connectivity index (χ0) is 28.4. The number of dihydropyridines is 1. The average Bonchev–Trinajstić information content (AvgIpc) is 3.48. The Labute approximate surface area is 235 Å². The van der Waals surface area contributed by atoms with Gasteiger partial charge in [0.2, 0.25) is 5.75 Å². The van der Waals surface area contributed by atoms with Crippen molar-refractivity contribution in [3.05, 3.63) is 70.1 Å². The summed E-state index contributed by atoms with van der Waals surface area (Å²) in [7, 11) is 6.28. The van der Waals surface area contributed by atoms with Crippen molar-refractivity contribution in [3.8, 4) is 23.0 Å². The van der Waals surface area contributed by atoms with Crippen LogP contribution in [0.15, 0.2) is 58.9 Å². The predicted octanol–water partition coefficient (Wildman–Crippen LogP) is 5.57. The van der Waals surface area contributed by atoms with Crippen molar-refractivity contribution in [2.24, 2.45) is 0 Å². The van der Waals surface area contributed by atoms with E-state index >= 15 is 0 Å². The first-order chi connectivity index (χ1) is 19.4. The van der Waals surface area contributed by atoms with Crippen molar-refractivity contribution in [2.45, 2.75) is 63.4 Å². The number of rotatable bonds is 8. The molecule has 1 fully saturated rings. The molecule has 0 radical (unpaired) electrons. The highest BCUT2D eigenvalue weighted by Crippen LogP contribution is 2.52. The molecule has 5 rings (SSSR count). The van der Waals surface area contributed by atoms with Crippen LogP contribution in [-0.4, -0.2) is 46.3 Å². The van der Waals surface area contributed by atoms with Crippen LogP contribution in [-0.2, 0) is 14.3 Å². The first-order valence-electron chi connectivity index (χ1n) is 13.8. The van der Waals surface area contributed by atoms with Gasteiger partial charge in [-0.3, -0.25) is 4.79 Å². The highest BCUT2D eigenvalue weighted by atomic mass is 16.5. The van der Waals surface area contributed by atoms with Crippen molar-refractivity contribution in [1.29, 1.82) is 0 Å². The maximum Gasteiger partial charge on any atom is 0.337 e. The van der Waals surface area contributed by atoms with Crippen LogP contribution in [0.2, 0.25) is 0 Å². The molecule has 1 heterocycles. The smallest absolute Gasteiger partial charge is 0.337 e. The summed E-state index contributed by atoms with van der Waals surface area (Å²) in [5.41, 5.74) is 4.07. The molecule has 0 unspecified atom stereocenters. The van der Waals surface area contributed by atoms with Gasteiger partial charge in [-0.2, -0.15) is 0 Å². The van der Waals surface area contributed by atoms with Crippen LogP contribution in [0.3, 0.4) is 0 Å². The van der Waals surface area contributed by atoms with Crippen molar-refractivity contribution in [3.63, 3.8) is 0 Å². The number of ether oxygens (including phenoxy) is 5. The molecular weight excluding hydrogens is 510 g/mol. The van der Waals surface area contributed by atoms with Crippen LogP contribution in [0, 0.1) is 0 Å². The first kappa shape index (κ1) is 27.6. The number of allylic oxidation sites excluding steroid dienone is 3. The van der Waals surface area contributed by atoms with Crippen LogP contribution in [0.5, 0.6) is 23.0 Å². The molecule has 2 aromatic carbocycles. The fourth-order valence-corrected chi connectivity index (χ4v) is 6.42. The summed E-state index contributed by atoms with van der Waals surface area (Å²) in [6.07, 6.45) is 4.55. The van der Waals surface area contributed by atoms with Crippen LogP contribution >= 0.6 is 0 Å². The second-order valence-corrected chi connectivity index (χ2v) is 10.5. The minimum Gasteiger partial charge on any atom is -0.496 e. The Morgan fingerprint density at radius 1 is 0.825 bits per heavy atom. The first-order valence-corrected chi connectivity index (χ1v) is 13.8. The Bertz CT molecular complexity index is 1370. The lowest BCUT2D eigenvalue weighted by atomic mass is 9.71. The molecule has 2 aliphatic carbocycles. The molecule has 212 valence electrons. The summed E-state index contributed by atoms with van der Waals surface area (Å²) in [5, 5.41) is 3.43. The molecule has 1 N–H and O–H groups in total. The van der Waals surface area contributed by atoms with E-state index in [0.717, 1.165) is 42.7 Å². The van der Waals surface area contributed by atoms with Gasteiger partial charge < -0.3 is 29.0 Å². The van der Waals surface area contributed by atoms with Gasteiger partial charge in [-0.15, -0.1) is 0 Å². The summed E-state index contributed by atoms with van der Waals surface area (Å²) in [4.78, 5) is 27.9. The molecule has 2 aromatic rings. The Kier molecular flexibility index (Phi) is 8.05. The maximum atomic E-state index is 14.1. The zero-order valence-electron chi connectivity index (χ0n) is 23.8. The predicted molar refractivity (Wildman–Crippen MR) is 150 cm³/mol. The van der Waals surface area contributed by atoms with Gasteiger partial charge >= 0.3 is 5.97 Å². The SMILES string of the molecule is COc1ccccc1[C@@H]1CC(=O)C2=C(C1)NC(C)=C(C(=O)OC1CCCC1)[C@H]2c1ccc(OC)c(OC)c1OC. The third kappa shape index (κ3) is 4.91. The fourth-order valence-electron chi connectivity index (χ4n) is 6.42. The number of hydrogen-bond acceptors (Lipinski definition) is 8. The summed E-state index contributed by atoms with van der Waals surface area (Å²) < 4.78 is 28.6. The third-order valence-electron chi connectivity index (χ3n) is 8.25. The Morgan fingerprint density at radius 2 is 1.52 bits per heavy atom. The van der Waals surface area contributed by atoms with E-state index in [9.17, 15) is 9.59 Å². The van der Waals surface area contributed by atoms with Gasteiger partial charge in [0.25, 0.3) is 0 Å². The average molecular weight is 548 g/mol. The third-order valence-corrected chi connectivity index (χ3v) is 8.25. The monoisotopic (exact) mass is 547 g/mol. The maximum absolute atomic E-state index is 14.1. The molecule has 8 nitrogen and oxygen atoms in total. The highest BCUT2D eigenvalue weighted by Gasteiger charge is 2.44. The molecule has 40 heavy (non-hydrogen) atoms. The highest BCUT2D eigenvalue weighted by molar-refractivity contribution is 6.04. The van der Waals surface area contributed by atoms with Crippen LogP contribution < -0.4 is 24.3 Å². The van der Waals surface area contributed by atoms with Crippen molar-refractivity contribution >= 4 is 11.8 Å². The molecule has 0 aromatic heterocycles. The van der Waals surface area contributed by atoms with Crippen molar-refractivity contribution < 1.29 is 33.3 Å². The second kappa shape index (κ2) is 11.7. The van der Waals surface area contributed by atoms with E-state index in [1.807, 2.05) is 37.3 Å². The van der Waals surface area contributed by atoms with E-state index in [1.54, 1.807) is 27.4 Å². The molecule has 8 heteroatoms. The number of ketones is 1. The number of methoxy groups -OCH3 is 4. The molecule has 1 aliphatic heterocycles. The van der Waals surface area contributed by atoms with Crippen molar-refractivity contribution in [1.82, 2.24) is 5.32 Å². The van der Waals surface area contributed by atoms with Crippen LogP contribution in [0.4, 0.5) is 0 Å². The van der Waals surface area contributed by atoms with E-state index in [1.165, 1.54) is 7.11 Å². The largest absolute Gasteiger partial charge is 0.496 e. The lowest BCUT2D eigenvalue weighted by Gasteiger charge is -2.37. The molecule has 2 atom stereocenters. The summed E-state index contributed by atoms with van der Waals surface area (Å²) >= 11 is 0. The summed E-state index contributed by atoms with van der Waals surface area (Å²) in [6.45, 7) is 1.87. The quantitative estimate of drug-likeness (QED) is 0.429. The Hall–Kier alpha value is -3.94. The number of esters is 1. The number of Topliss-reactive ketones (excluding diaryl/α,β-unsaturated/α-hetero) is 1. The molecule has 0 spiro atoms. The Morgan fingerprint density at radius 3 is 2.20 bits per heavy atom. The van der Waals surface area contributed by atoms with E-state index in [4.69, 9.17) is 23.7 Å². The van der Waals surface area contributed by atoms with Gasteiger partial charge in [0, 0.05) is 34.9 Å². The fraction of sp³-hybridized carbons (Fsp3) is 0.438. The van der Waals surface area contributed by atoms with Gasteiger partial charge in [0.15, 0.2) is 17.3 Å². The molecular formula is C32H37NO7. The van der Waals surface area contributed by atoms with Gasteiger partial charge in [-0.05, 0) is 56.7 Å². The van der Waals surface area contributed by atoms with E-state index in [-0.39, 0.29) is 24.2 Å². The molecule has 0 saturated heterocycles. The van der Waals surface area contributed by atoms with E-state index in [2.05, 4.69) is 5.32 Å². The molecule has 0 bridgehead atoms. The van der Waals surface area contributed by atoms with Crippen LogP contribution in [0.1, 0.15) is 68.4 Å². The Balaban J connectivity index is 1.64. The van der Waals surface area contributed by atoms with Gasteiger partial charge in [0.05, 0.1) is 39.9 Å². The second-order valence-electron chi connectivity index (χ2n) is 10.5. The number of carbonyl (C=O) groups excluding carboxylic acids is 2. The van der Waals surface area contributed by atoms with Gasteiger partial charge in [0.1, 0.15) is 11.9 Å². The summed E-state index contributed by atoms with van der Waals surface area (Å²) in [6, 6.07) is 11.4. The normalized spacial score (nSPS) is 21.1. The number of nitrogens with one attached hydrogen (secondary N) is 1. The topological polar surface area (TPSA) is 92.3 Å². The number of hydrogen-bond donors (Lipinski definition) is 1. The number of benzene rings is 2. The molecule has 1 saturated carbocycles. The minimum absolute atomic E-state index is 0.0369. The number of para-hydroxylation sites is 1. The van der Waals surface area contributed by atoms with Crippen LogP contribution in [0.25, 0.3) is 0 Å². The minimum atomic E-state index is -0.689. The lowest BCUT2D eigenvalue weighted by molar-refractivity contribution is -0.144. The van der Waals surface area contributed by atoms with Gasteiger partial charge in [-0.1, -0.05) is 24.3 Å². The van der Waals surface area contributed by atoms with Gasteiger partial charge in [-0.25, -0.2) is 4.79 Å².